The van der Waals surface area contributed by atoms with Gasteiger partial charge >= 0.3 is 5.97 Å². The van der Waals surface area contributed by atoms with Crippen LogP contribution in [0.2, 0.25) is 0 Å². The van der Waals surface area contributed by atoms with Crippen molar-refractivity contribution in [3.63, 3.8) is 0 Å². The molecule has 1 aromatic rings. The standard InChI is InChI=1S/C16H21NO3/c1-11-8-9-17(10-16(11,2)3)14(18)12-4-6-13(7-5-12)15(19)20/h4-7,11H,8-10H2,1-3H3,(H,19,20). The summed E-state index contributed by atoms with van der Waals surface area (Å²) in [4.78, 5) is 25.1. The molecule has 0 aromatic heterocycles. The fraction of sp³-hybridized carbons (Fsp3) is 0.500. The number of hydrogen-bond acceptors (Lipinski definition) is 2. The van der Waals surface area contributed by atoms with E-state index in [4.69, 9.17) is 5.11 Å². The predicted octanol–water partition coefficient (Wildman–Crippen LogP) is 2.89. The Labute approximate surface area is 119 Å². The van der Waals surface area contributed by atoms with Crippen LogP contribution in [0.3, 0.4) is 0 Å². The molecule has 1 fully saturated rings. The number of benzene rings is 1. The SMILES string of the molecule is CC1CCN(C(=O)c2ccc(C(=O)O)cc2)CC1(C)C. The number of rotatable bonds is 2. The molecule has 1 heterocycles. The average molecular weight is 275 g/mol. The summed E-state index contributed by atoms with van der Waals surface area (Å²) < 4.78 is 0. The second-order valence-electron chi connectivity index (χ2n) is 6.29. The first-order valence-corrected chi connectivity index (χ1v) is 6.94. The van der Waals surface area contributed by atoms with Crippen LogP contribution in [0.25, 0.3) is 0 Å². The van der Waals surface area contributed by atoms with Gasteiger partial charge < -0.3 is 10.0 Å². The van der Waals surface area contributed by atoms with Gasteiger partial charge in [-0.2, -0.15) is 0 Å². The maximum absolute atomic E-state index is 12.5. The van der Waals surface area contributed by atoms with Gasteiger partial charge in [0.15, 0.2) is 0 Å². The van der Waals surface area contributed by atoms with Crippen molar-refractivity contribution >= 4 is 11.9 Å². The van der Waals surface area contributed by atoms with Crippen LogP contribution in [-0.4, -0.2) is 35.0 Å². The van der Waals surface area contributed by atoms with Gasteiger partial charge in [-0.1, -0.05) is 20.8 Å². The summed E-state index contributed by atoms with van der Waals surface area (Å²) in [6, 6.07) is 6.15. The molecule has 4 heteroatoms. The zero-order chi connectivity index (χ0) is 14.9. The highest BCUT2D eigenvalue weighted by molar-refractivity contribution is 5.96. The number of nitrogens with zero attached hydrogens (tertiary/aromatic N) is 1. The van der Waals surface area contributed by atoms with Crippen molar-refractivity contribution in [1.82, 2.24) is 4.90 Å². The Hall–Kier alpha value is -1.84. The van der Waals surface area contributed by atoms with E-state index in [9.17, 15) is 9.59 Å². The highest BCUT2D eigenvalue weighted by Crippen LogP contribution is 2.34. The molecule has 0 spiro atoms. The topological polar surface area (TPSA) is 57.6 Å². The lowest BCUT2D eigenvalue weighted by Crippen LogP contribution is -2.47. The number of likely N-dealkylation sites (tertiary alicyclic amines) is 1. The highest BCUT2D eigenvalue weighted by Gasteiger charge is 2.34. The van der Waals surface area contributed by atoms with Crippen molar-refractivity contribution in [2.75, 3.05) is 13.1 Å². The molecule has 1 N–H and O–H groups in total. The van der Waals surface area contributed by atoms with Crippen LogP contribution < -0.4 is 0 Å². The zero-order valence-corrected chi connectivity index (χ0v) is 12.2. The molecule has 1 atom stereocenters. The Morgan fingerprint density at radius 2 is 1.75 bits per heavy atom. The minimum atomic E-state index is -0.975. The molecular formula is C16H21NO3. The van der Waals surface area contributed by atoms with Crippen molar-refractivity contribution < 1.29 is 14.7 Å². The maximum Gasteiger partial charge on any atom is 0.335 e. The third-order valence-corrected chi connectivity index (χ3v) is 4.43. The Balaban J connectivity index is 2.13. The van der Waals surface area contributed by atoms with Crippen LogP contribution in [0.4, 0.5) is 0 Å². The van der Waals surface area contributed by atoms with Crippen molar-refractivity contribution in [2.24, 2.45) is 11.3 Å². The van der Waals surface area contributed by atoms with Crippen LogP contribution in [0, 0.1) is 11.3 Å². The molecule has 20 heavy (non-hydrogen) atoms. The van der Waals surface area contributed by atoms with Crippen molar-refractivity contribution in [1.29, 1.82) is 0 Å². The second-order valence-corrected chi connectivity index (χ2v) is 6.29. The molecule has 0 saturated carbocycles. The number of aromatic carboxylic acids is 1. The molecule has 0 bridgehead atoms. The summed E-state index contributed by atoms with van der Waals surface area (Å²) in [6.07, 6.45) is 1.01. The number of carboxylic acid groups (broad SMARTS) is 1. The minimum Gasteiger partial charge on any atom is -0.478 e. The number of carbonyl (C=O) groups is 2. The van der Waals surface area contributed by atoms with Gasteiger partial charge in [0.05, 0.1) is 5.56 Å². The smallest absolute Gasteiger partial charge is 0.335 e. The summed E-state index contributed by atoms with van der Waals surface area (Å²) in [5.74, 6) is -0.389. The molecule has 1 aliphatic rings. The number of carbonyl (C=O) groups excluding carboxylic acids is 1. The van der Waals surface area contributed by atoms with Gasteiger partial charge in [0.1, 0.15) is 0 Å². The molecular weight excluding hydrogens is 254 g/mol. The maximum atomic E-state index is 12.5. The Morgan fingerprint density at radius 1 is 1.20 bits per heavy atom. The van der Waals surface area contributed by atoms with Crippen LogP contribution >= 0.6 is 0 Å². The highest BCUT2D eigenvalue weighted by atomic mass is 16.4. The monoisotopic (exact) mass is 275 g/mol. The predicted molar refractivity (Wildman–Crippen MR) is 76.9 cm³/mol. The molecule has 1 aliphatic heterocycles. The van der Waals surface area contributed by atoms with E-state index >= 15 is 0 Å². The average Bonchev–Trinajstić information content (AvgIpc) is 2.41. The summed E-state index contributed by atoms with van der Waals surface area (Å²) in [5.41, 5.74) is 0.879. The van der Waals surface area contributed by atoms with Gasteiger partial charge in [-0.25, -0.2) is 4.79 Å². The molecule has 1 amide bonds. The quantitative estimate of drug-likeness (QED) is 0.903. The van der Waals surface area contributed by atoms with Crippen molar-refractivity contribution in [3.05, 3.63) is 35.4 Å². The van der Waals surface area contributed by atoms with Crippen molar-refractivity contribution in [2.45, 2.75) is 27.2 Å². The summed E-state index contributed by atoms with van der Waals surface area (Å²) in [5, 5.41) is 8.87. The number of hydrogen-bond donors (Lipinski definition) is 1. The third-order valence-electron chi connectivity index (χ3n) is 4.43. The molecule has 2 rings (SSSR count). The van der Waals surface area contributed by atoms with E-state index in [1.165, 1.54) is 12.1 Å². The lowest BCUT2D eigenvalue weighted by atomic mass is 9.75. The zero-order valence-electron chi connectivity index (χ0n) is 12.2. The Morgan fingerprint density at radius 3 is 2.25 bits per heavy atom. The fourth-order valence-electron chi connectivity index (χ4n) is 2.58. The number of carboxylic acids is 1. The molecule has 1 saturated heterocycles. The van der Waals surface area contributed by atoms with Crippen LogP contribution in [0.15, 0.2) is 24.3 Å². The normalized spacial score (nSPS) is 21.6. The lowest BCUT2D eigenvalue weighted by molar-refractivity contribution is 0.0427. The lowest BCUT2D eigenvalue weighted by Gasteiger charge is -2.43. The number of piperidine rings is 1. The first-order chi connectivity index (χ1) is 9.31. The van der Waals surface area contributed by atoms with Crippen molar-refractivity contribution in [3.8, 4) is 0 Å². The van der Waals surface area contributed by atoms with Gasteiger partial charge in [0.25, 0.3) is 5.91 Å². The summed E-state index contributed by atoms with van der Waals surface area (Å²) in [7, 11) is 0. The molecule has 4 nitrogen and oxygen atoms in total. The van der Waals surface area contributed by atoms with Gasteiger partial charge in [-0.15, -0.1) is 0 Å². The molecule has 108 valence electrons. The van der Waals surface area contributed by atoms with Crippen LogP contribution in [0.5, 0.6) is 0 Å². The largest absolute Gasteiger partial charge is 0.478 e. The Bertz CT molecular complexity index is 519. The van der Waals surface area contributed by atoms with E-state index in [0.29, 0.717) is 11.5 Å². The first-order valence-electron chi connectivity index (χ1n) is 6.94. The molecule has 1 aromatic carbocycles. The van der Waals surface area contributed by atoms with Crippen LogP contribution in [0.1, 0.15) is 47.9 Å². The summed E-state index contributed by atoms with van der Waals surface area (Å²) >= 11 is 0. The minimum absolute atomic E-state index is 0.0121. The number of amides is 1. The Kier molecular flexibility index (Phi) is 3.84. The second kappa shape index (κ2) is 5.27. The van der Waals surface area contributed by atoms with E-state index in [1.54, 1.807) is 12.1 Å². The van der Waals surface area contributed by atoms with Gasteiger partial charge in [-0.3, -0.25) is 4.79 Å². The molecule has 0 radical (unpaired) electrons. The fourth-order valence-corrected chi connectivity index (χ4v) is 2.58. The van der Waals surface area contributed by atoms with Gasteiger partial charge in [0.2, 0.25) is 0 Å². The molecule has 0 aliphatic carbocycles. The first kappa shape index (κ1) is 14.6. The van der Waals surface area contributed by atoms with Gasteiger partial charge in [-0.05, 0) is 42.0 Å². The summed E-state index contributed by atoms with van der Waals surface area (Å²) in [6.45, 7) is 8.11. The van der Waals surface area contributed by atoms with E-state index < -0.39 is 5.97 Å². The van der Waals surface area contributed by atoms with Crippen LogP contribution in [-0.2, 0) is 0 Å². The third kappa shape index (κ3) is 2.84. The van der Waals surface area contributed by atoms with E-state index in [1.807, 2.05) is 4.90 Å². The van der Waals surface area contributed by atoms with Gasteiger partial charge in [0, 0.05) is 18.7 Å². The van der Waals surface area contributed by atoms with E-state index in [0.717, 1.165) is 19.5 Å². The van der Waals surface area contributed by atoms with E-state index in [-0.39, 0.29) is 16.9 Å². The van der Waals surface area contributed by atoms with E-state index in [2.05, 4.69) is 20.8 Å². The molecule has 1 unspecified atom stereocenters.